The number of hydrogen-bond acceptors (Lipinski definition) is 8. The van der Waals surface area contributed by atoms with Crippen LogP contribution in [0.3, 0.4) is 0 Å². The first-order valence-electron chi connectivity index (χ1n) is 11.9. The number of aliphatic hydroxyl groups is 1. The van der Waals surface area contributed by atoms with Crippen molar-refractivity contribution in [3.05, 3.63) is 87.9 Å². The van der Waals surface area contributed by atoms with Gasteiger partial charge in [0.1, 0.15) is 23.0 Å². The maximum atomic E-state index is 13.5. The molecule has 10 heteroatoms. The topological polar surface area (TPSA) is 123 Å². The van der Waals surface area contributed by atoms with Crippen LogP contribution in [0.25, 0.3) is 5.76 Å². The number of ether oxygens (including phenoxy) is 3. The smallest absolute Gasteiger partial charge is 0.338 e. The van der Waals surface area contributed by atoms with E-state index in [4.69, 9.17) is 25.8 Å². The fraction of sp³-hybridized carbons (Fsp3) is 0.207. The largest absolute Gasteiger partial charge is 0.508 e. The average molecular weight is 552 g/mol. The standard InChI is InChI=1S/C29H26ClNO8/c1-15(2)39-29(36)17-6-5-7-18(12-17)31-25(16-8-10-19(32)11-9-16)24(27(34)28(31)35)26(33)20-13-21(30)23(38-4)14-22(20)37-3/h5-15,25,32-33H,1-4H3/b26-24+. The Labute approximate surface area is 229 Å². The summed E-state index contributed by atoms with van der Waals surface area (Å²) in [4.78, 5) is 40.7. The monoisotopic (exact) mass is 551 g/mol. The average Bonchev–Trinajstić information content (AvgIpc) is 3.18. The van der Waals surface area contributed by atoms with Crippen LogP contribution < -0.4 is 14.4 Å². The quantitative estimate of drug-likeness (QED) is 0.177. The Morgan fingerprint density at radius 2 is 1.64 bits per heavy atom. The number of benzene rings is 3. The molecule has 202 valence electrons. The van der Waals surface area contributed by atoms with Crippen LogP contribution in [0, 0.1) is 0 Å². The number of carbonyl (C=O) groups is 3. The van der Waals surface area contributed by atoms with Crippen LogP contribution in [0.2, 0.25) is 5.02 Å². The molecule has 4 rings (SSSR count). The van der Waals surface area contributed by atoms with Crippen LogP contribution in [-0.4, -0.2) is 48.2 Å². The molecule has 3 aromatic rings. The third-order valence-corrected chi connectivity index (χ3v) is 6.38. The van der Waals surface area contributed by atoms with E-state index in [1.165, 1.54) is 67.7 Å². The third kappa shape index (κ3) is 5.26. The molecule has 0 saturated carbocycles. The van der Waals surface area contributed by atoms with Crippen LogP contribution in [0.1, 0.15) is 41.4 Å². The number of rotatable bonds is 7. The van der Waals surface area contributed by atoms with Gasteiger partial charge in [0, 0.05) is 11.8 Å². The number of phenols is 1. The van der Waals surface area contributed by atoms with Crippen molar-refractivity contribution in [3.63, 3.8) is 0 Å². The molecular weight excluding hydrogens is 526 g/mol. The highest BCUT2D eigenvalue weighted by atomic mass is 35.5. The lowest BCUT2D eigenvalue weighted by molar-refractivity contribution is -0.132. The van der Waals surface area contributed by atoms with Gasteiger partial charge in [-0.2, -0.15) is 0 Å². The summed E-state index contributed by atoms with van der Waals surface area (Å²) in [5, 5.41) is 21.5. The molecule has 2 N–H and O–H groups in total. The Bertz CT molecular complexity index is 1480. The van der Waals surface area contributed by atoms with Crippen molar-refractivity contribution in [1.82, 2.24) is 0 Å². The number of aromatic hydroxyl groups is 1. The first-order chi connectivity index (χ1) is 18.6. The highest BCUT2D eigenvalue weighted by molar-refractivity contribution is 6.51. The molecule has 39 heavy (non-hydrogen) atoms. The Hall–Kier alpha value is -4.50. The van der Waals surface area contributed by atoms with E-state index in [2.05, 4.69) is 0 Å². The molecule has 1 amide bonds. The number of anilines is 1. The zero-order valence-electron chi connectivity index (χ0n) is 21.6. The van der Waals surface area contributed by atoms with Crippen molar-refractivity contribution >= 4 is 40.7 Å². The number of aliphatic hydroxyl groups excluding tert-OH is 1. The van der Waals surface area contributed by atoms with Gasteiger partial charge in [-0.05, 0) is 55.8 Å². The summed E-state index contributed by atoms with van der Waals surface area (Å²) >= 11 is 6.30. The molecule has 0 bridgehead atoms. The molecular formula is C29H26ClNO8. The number of esters is 1. The number of hydrogen-bond donors (Lipinski definition) is 2. The summed E-state index contributed by atoms with van der Waals surface area (Å²) in [6.45, 7) is 3.43. The maximum absolute atomic E-state index is 13.5. The molecule has 1 saturated heterocycles. The zero-order chi connectivity index (χ0) is 28.4. The van der Waals surface area contributed by atoms with E-state index in [-0.39, 0.29) is 50.8 Å². The van der Waals surface area contributed by atoms with Crippen LogP contribution in [0.5, 0.6) is 17.2 Å². The molecule has 0 radical (unpaired) electrons. The van der Waals surface area contributed by atoms with Crippen LogP contribution >= 0.6 is 11.6 Å². The van der Waals surface area contributed by atoms with E-state index >= 15 is 0 Å². The molecule has 1 heterocycles. The molecule has 0 aliphatic carbocycles. The Morgan fingerprint density at radius 3 is 2.26 bits per heavy atom. The molecule has 1 aliphatic rings. The van der Waals surface area contributed by atoms with Gasteiger partial charge in [0.15, 0.2) is 0 Å². The molecule has 1 aliphatic heterocycles. The number of methoxy groups -OCH3 is 2. The third-order valence-electron chi connectivity index (χ3n) is 6.09. The maximum Gasteiger partial charge on any atom is 0.338 e. The molecule has 1 atom stereocenters. The van der Waals surface area contributed by atoms with Gasteiger partial charge in [0.05, 0.1) is 48.1 Å². The van der Waals surface area contributed by atoms with Gasteiger partial charge in [-0.3, -0.25) is 14.5 Å². The van der Waals surface area contributed by atoms with E-state index in [9.17, 15) is 24.6 Å². The highest BCUT2D eigenvalue weighted by Gasteiger charge is 2.47. The first kappa shape index (κ1) is 27.5. The summed E-state index contributed by atoms with van der Waals surface area (Å²) in [6, 6.07) is 13.7. The Balaban J connectivity index is 1.94. The van der Waals surface area contributed by atoms with E-state index in [0.717, 1.165) is 0 Å². The van der Waals surface area contributed by atoms with Crippen molar-refractivity contribution in [1.29, 1.82) is 0 Å². The minimum Gasteiger partial charge on any atom is -0.508 e. The number of halogens is 1. The number of amides is 1. The first-order valence-corrected chi connectivity index (χ1v) is 12.3. The van der Waals surface area contributed by atoms with E-state index < -0.39 is 29.5 Å². The van der Waals surface area contributed by atoms with Crippen molar-refractivity contribution in [2.75, 3.05) is 19.1 Å². The highest BCUT2D eigenvalue weighted by Crippen LogP contribution is 2.45. The summed E-state index contributed by atoms with van der Waals surface area (Å²) in [6.07, 6.45) is -0.362. The Morgan fingerprint density at radius 1 is 0.974 bits per heavy atom. The van der Waals surface area contributed by atoms with E-state index in [1.807, 2.05) is 0 Å². The number of phenolic OH excluding ortho intramolecular Hbond substituents is 1. The lowest BCUT2D eigenvalue weighted by Crippen LogP contribution is -2.29. The van der Waals surface area contributed by atoms with Gasteiger partial charge in [0.2, 0.25) is 0 Å². The van der Waals surface area contributed by atoms with Gasteiger partial charge in [-0.15, -0.1) is 0 Å². The zero-order valence-corrected chi connectivity index (χ0v) is 22.4. The number of ketones is 1. The van der Waals surface area contributed by atoms with Gasteiger partial charge in [0.25, 0.3) is 11.7 Å². The van der Waals surface area contributed by atoms with Crippen molar-refractivity contribution in [2.45, 2.75) is 26.0 Å². The molecule has 3 aromatic carbocycles. The minimum absolute atomic E-state index is 0.0299. The molecule has 0 spiro atoms. The predicted molar refractivity (Wildman–Crippen MR) is 144 cm³/mol. The SMILES string of the molecule is COc1cc(OC)c(/C(O)=C2\C(=O)C(=O)N(c3cccc(C(=O)OC(C)C)c3)C2c2ccc(O)cc2)cc1Cl. The van der Waals surface area contributed by atoms with Gasteiger partial charge in [-0.25, -0.2) is 4.79 Å². The van der Waals surface area contributed by atoms with Gasteiger partial charge < -0.3 is 24.4 Å². The molecule has 0 aromatic heterocycles. The van der Waals surface area contributed by atoms with Gasteiger partial charge in [-0.1, -0.05) is 29.8 Å². The van der Waals surface area contributed by atoms with Crippen molar-refractivity contribution < 1.29 is 38.8 Å². The molecule has 1 fully saturated rings. The number of nitrogens with zero attached hydrogens (tertiary/aromatic N) is 1. The predicted octanol–water partition coefficient (Wildman–Crippen LogP) is 5.25. The molecule has 1 unspecified atom stereocenters. The summed E-state index contributed by atoms with van der Waals surface area (Å²) in [7, 11) is 2.79. The van der Waals surface area contributed by atoms with E-state index in [1.54, 1.807) is 26.0 Å². The lowest BCUT2D eigenvalue weighted by Gasteiger charge is -2.26. The normalized spacial score (nSPS) is 16.5. The lowest BCUT2D eigenvalue weighted by atomic mass is 9.94. The summed E-state index contributed by atoms with van der Waals surface area (Å²) < 4.78 is 15.9. The number of carbonyl (C=O) groups excluding carboxylic acids is 3. The second-order valence-corrected chi connectivity index (χ2v) is 9.36. The van der Waals surface area contributed by atoms with Crippen LogP contribution in [0.4, 0.5) is 5.69 Å². The summed E-state index contributed by atoms with van der Waals surface area (Å²) in [5.41, 5.74) is 0.658. The second-order valence-electron chi connectivity index (χ2n) is 8.95. The second kappa shape index (κ2) is 11.1. The van der Waals surface area contributed by atoms with Crippen LogP contribution in [0.15, 0.2) is 66.2 Å². The number of Topliss-reactive ketones (excluding diaryl/α,β-unsaturated/α-hetero) is 1. The Kier molecular flexibility index (Phi) is 7.83. The van der Waals surface area contributed by atoms with Gasteiger partial charge >= 0.3 is 5.97 Å². The fourth-order valence-electron chi connectivity index (χ4n) is 4.33. The summed E-state index contributed by atoms with van der Waals surface area (Å²) in [5.74, 6) is -2.60. The fourth-order valence-corrected chi connectivity index (χ4v) is 4.57. The van der Waals surface area contributed by atoms with Crippen molar-refractivity contribution in [2.24, 2.45) is 0 Å². The van der Waals surface area contributed by atoms with Crippen molar-refractivity contribution in [3.8, 4) is 17.2 Å². The van der Waals surface area contributed by atoms with Crippen LogP contribution in [-0.2, 0) is 14.3 Å². The molecule has 9 nitrogen and oxygen atoms in total. The minimum atomic E-state index is -1.12. The van der Waals surface area contributed by atoms with E-state index in [0.29, 0.717) is 5.56 Å².